The number of hydrogen-bond donors (Lipinski definition) is 3. The topological polar surface area (TPSA) is 117 Å². The number of amides is 1. The largest absolute Gasteiger partial charge is 0.465 e. The lowest BCUT2D eigenvalue weighted by Crippen LogP contribution is -2.44. The van der Waals surface area contributed by atoms with Crippen molar-refractivity contribution in [1.29, 1.82) is 0 Å². The number of esters is 1. The van der Waals surface area contributed by atoms with Crippen molar-refractivity contribution in [3.63, 3.8) is 0 Å². The Kier molecular flexibility index (Phi) is 10.2. The van der Waals surface area contributed by atoms with Crippen molar-refractivity contribution < 1.29 is 19.4 Å². The lowest BCUT2D eigenvalue weighted by atomic mass is 9.82. The summed E-state index contributed by atoms with van der Waals surface area (Å²) in [6.07, 6.45) is 6.00. The Morgan fingerprint density at radius 1 is 1.06 bits per heavy atom. The molecule has 0 radical (unpaired) electrons. The van der Waals surface area contributed by atoms with Crippen molar-refractivity contribution in [2.45, 2.75) is 58.4 Å². The second-order valence-electron chi connectivity index (χ2n) is 9.41. The molecule has 1 aromatic heterocycles. The number of nitrogens with zero attached hydrogens (tertiary/aromatic N) is 2. The molecule has 2 aromatic carbocycles. The smallest absolute Gasteiger partial charge is 0.314 e. The van der Waals surface area contributed by atoms with Crippen LogP contribution in [0.25, 0.3) is 11.1 Å². The maximum absolute atomic E-state index is 12.9. The highest BCUT2D eigenvalue weighted by atomic mass is 16.5. The van der Waals surface area contributed by atoms with Gasteiger partial charge in [0.05, 0.1) is 24.8 Å². The first kappa shape index (κ1) is 27.1. The molecule has 36 heavy (non-hydrogen) atoms. The number of rotatable bonds is 14. The minimum absolute atomic E-state index is 0.156. The van der Waals surface area contributed by atoms with Gasteiger partial charge in [-0.2, -0.15) is 15.4 Å². The minimum atomic E-state index is -1.16. The second-order valence-corrected chi connectivity index (χ2v) is 9.41. The van der Waals surface area contributed by atoms with E-state index < -0.39 is 23.3 Å². The highest BCUT2D eigenvalue weighted by Crippen LogP contribution is 2.27. The summed E-state index contributed by atoms with van der Waals surface area (Å²) < 4.78 is 5.50. The van der Waals surface area contributed by atoms with E-state index in [1.54, 1.807) is 6.92 Å². The van der Waals surface area contributed by atoms with E-state index in [2.05, 4.69) is 39.8 Å². The van der Waals surface area contributed by atoms with Gasteiger partial charge >= 0.3 is 5.97 Å². The van der Waals surface area contributed by atoms with Crippen molar-refractivity contribution in [1.82, 2.24) is 20.7 Å². The number of carbonyl (C=O) groups is 2. The van der Waals surface area contributed by atoms with Gasteiger partial charge in [0.1, 0.15) is 0 Å². The Balaban J connectivity index is 1.72. The van der Waals surface area contributed by atoms with Crippen LogP contribution in [0.3, 0.4) is 0 Å². The third-order valence-electron chi connectivity index (χ3n) is 6.30. The van der Waals surface area contributed by atoms with Crippen molar-refractivity contribution in [3.8, 4) is 11.1 Å². The van der Waals surface area contributed by atoms with E-state index in [1.807, 2.05) is 42.5 Å². The summed E-state index contributed by atoms with van der Waals surface area (Å²) in [5, 5.41) is 23.1. The lowest BCUT2D eigenvalue weighted by molar-refractivity contribution is -0.158. The Morgan fingerprint density at radius 2 is 1.78 bits per heavy atom. The van der Waals surface area contributed by atoms with Gasteiger partial charge in [0.2, 0.25) is 0 Å². The fourth-order valence-electron chi connectivity index (χ4n) is 4.12. The van der Waals surface area contributed by atoms with Crippen LogP contribution < -0.4 is 5.32 Å². The van der Waals surface area contributed by atoms with Gasteiger partial charge < -0.3 is 15.2 Å². The van der Waals surface area contributed by atoms with Gasteiger partial charge in [-0.25, -0.2) is 0 Å². The number of aliphatic hydroxyl groups is 1. The van der Waals surface area contributed by atoms with E-state index in [1.165, 1.54) is 6.20 Å². The number of unbranched alkanes of at least 4 members (excludes halogenated alkanes) is 3. The summed E-state index contributed by atoms with van der Waals surface area (Å²) >= 11 is 0. The molecule has 3 N–H and O–H groups in total. The number of hydrogen-bond acceptors (Lipinski definition) is 6. The van der Waals surface area contributed by atoms with E-state index in [9.17, 15) is 14.7 Å². The minimum Gasteiger partial charge on any atom is -0.465 e. The molecule has 0 fully saturated rings. The maximum Gasteiger partial charge on any atom is 0.314 e. The quantitative estimate of drug-likeness (QED) is 0.228. The molecule has 192 valence electrons. The number of nitrogens with one attached hydrogen (secondary N) is 2. The van der Waals surface area contributed by atoms with Crippen LogP contribution >= 0.6 is 0 Å². The highest BCUT2D eigenvalue weighted by molar-refractivity contribution is 5.92. The fraction of sp³-hybridized carbons (Fsp3) is 0.429. The highest BCUT2D eigenvalue weighted by Gasteiger charge is 2.37. The molecular weight excluding hydrogens is 456 g/mol. The number of H-pyrrole nitrogens is 1. The van der Waals surface area contributed by atoms with Crippen LogP contribution in [0, 0.1) is 5.41 Å². The molecule has 2 atom stereocenters. The second kappa shape index (κ2) is 13.5. The first-order chi connectivity index (χ1) is 17.4. The summed E-state index contributed by atoms with van der Waals surface area (Å²) in [6.45, 7) is 3.74. The normalized spacial score (nSPS) is 13.5. The van der Waals surface area contributed by atoms with Crippen LogP contribution in [-0.4, -0.2) is 51.6 Å². The zero-order chi connectivity index (χ0) is 25.8. The monoisotopic (exact) mass is 492 g/mol. The number of aromatic nitrogens is 3. The van der Waals surface area contributed by atoms with Crippen molar-refractivity contribution in [2.75, 3.05) is 13.2 Å². The zero-order valence-electron chi connectivity index (χ0n) is 21.1. The predicted molar refractivity (Wildman–Crippen MR) is 138 cm³/mol. The molecule has 0 aliphatic carbocycles. The molecule has 8 heteroatoms. The molecular formula is C28H36N4O4. The molecule has 8 nitrogen and oxygen atoms in total. The van der Waals surface area contributed by atoms with E-state index >= 15 is 0 Å². The molecule has 1 amide bonds. The van der Waals surface area contributed by atoms with Crippen molar-refractivity contribution >= 4 is 11.9 Å². The summed E-state index contributed by atoms with van der Waals surface area (Å²) in [7, 11) is 0. The van der Waals surface area contributed by atoms with Gasteiger partial charge in [-0.1, -0.05) is 80.8 Å². The zero-order valence-corrected chi connectivity index (χ0v) is 21.1. The molecule has 0 aliphatic rings. The van der Waals surface area contributed by atoms with Gasteiger partial charge in [-0.05, 0) is 42.9 Å². The van der Waals surface area contributed by atoms with Crippen LogP contribution in [0.2, 0.25) is 0 Å². The van der Waals surface area contributed by atoms with E-state index in [0.717, 1.165) is 42.4 Å². The SMILES string of the molecule is CCCCCCOC(=O)C(C)(CO)CC(Cc1ccc(-c2ccccc2)cc1)NC(=O)c1cn[nH]n1. The molecule has 2 unspecified atom stereocenters. The number of aromatic amines is 1. The van der Waals surface area contributed by atoms with E-state index in [4.69, 9.17) is 4.74 Å². The number of carbonyl (C=O) groups excluding carboxylic acids is 2. The summed E-state index contributed by atoms with van der Waals surface area (Å²) in [4.78, 5) is 25.7. The van der Waals surface area contributed by atoms with Gasteiger partial charge in [0.15, 0.2) is 5.69 Å². The van der Waals surface area contributed by atoms with Crippen LogP contribution in [0.15, 0.2) is 60.8 Å². The summed E-state index contributed by atoms with van der Waals surface area (Å²) in [6, 6.07) is 17.7. The van der Waals surface area contributed by atoms with Crippen LogP contribution in [0.5, 0.6) is 0 Å². The molecule has 3 rings (SSSR count). The molecule has 1 heterocycles. The van der Waals surface area contributed by atoms with Crippen molar-refractivity contribution in [2.24, 2.45) is 5.41 Å². The Hall–Kier alpha value is -3.52. The van der Waals surface area contributed by atoms with E-state index in [0.29, 0.717) is 13.0 Å². The average molecular weight is 493 g/mol. The van der Waals surface area contributed by atoms with Gasteiger partial charge in [-0.15, -0.1) is 0 Å². The molecule has 0 spiro atoms. The Morgan fingerprint density at radius 3 is 2.42 bits per heavy atom. The molecule has 3 aromatic rings. The van der Waals surface area contributed by atoms with Crippen LogP contribution in [0.4, 0.5) is 0 Å². The fourth-order valence-corrected chi connectivity index (χ4v) is 4.12. The third-order valence-corrected chi connectivity index (χ3v) is 6.30. The molecule has 0 saturated carbocycles. The number of ether oxygens (including phenoxy) is 1. The van der Waals surface area contributed by atoms with Gasteiger partial charge in [-0.3, -0.25) is 9.59 Å². The summed E-state index contributed by atoms with van der Waals surface area (Å²) in [5.41, 5.74) is 2.21. The number of aliphatic hydroxyl groups excluding tert-OH is 1. The number of benzene rings is 2. The van der Waals surface area contributed by atoms with Crippen molar-refractivity contribution in [3.05, 3.63) is 72.1 Å². The lowest BCUT2D eigenvalue weighted by Gasteiger charge is -2.30. The predicted octanol–water partition coefficient (Wildman–Crippen LogP) is 4.33. The van der Waals surface area contributed by atoms with E-state index in [-0.39, 0.29) is 18.7 Å². The first-order valence-corrected chi connectivity index (χ1v) is 12.5. The van der Waals surface area contributed by atoms with Crippen LogP contribution in [-0.2, 0) is 16.0 Å². The first-order valence-electron chi connectivity index (χ1n) is 12.5. The Bertz CT molecular complexity index is 1070. The molecule has 0 aliphatic heterocycles. The third kappa shape index (κ3) is 7.75. The van der Waals surface area contributed by atoms with Crippen LogP contribution in [0.1, 0.15) is 62.0 Å². The standard InChI is InChI=1S/C28H36N4O4/c1-3-4-5-9-16-36-27(35)28(2,20-33)18-24(30-26(34)25-19-29-32-31-25)17-21-12-14-23(15-13-21)22-10-7-6-8-11-22/h6-8,10-15,19,24,33H,3-5,9,16-18,20H2,1-2H3,(H,30,34)(H,29,31,32). The molecule has 0 saturated heterocycles. The molecule has 0 bridgehead atoms. The Labute approximate surface area is 212 Å². The van der Waals surface area contributed by atoms with Gasteiger partial charge in [0.25, 0.3) is 5.91 Å². The summed E-state index contributed by atoms with van der Waals surface area (Å²) in [5.74, 6) is -0.857. The van der Waals surface area contributed by atoms with Gasteiger partial charge in [0, 0.05) is 6.04 Å². The maximum atomic E-state index is 12.9. The average Bonchev–Trinajstić information content (AvgIpc) is 3.45.